The molecule has 26 heavy (non-hydrogen) atoms. The molecule has 2 aromatic rings. The quantitative estimate of drug-likeness (QED) is 0.769. The smallest absolute Gasteiger partial charge is 0.264 e. The summed E-state index contributed by atoms with van der Waals surface area (Å²) in [4.78, 5) is 13.5. The number of ether oxygens (including phenoxy) is 1. The van der Waals surface area contributed by atoms with E-state index in [0.717, 1.165) is 11.3 Å². The van der Waals surface area contributed by atoms with Gasteiger partial charge in [0, 0.05) is 24.5 Å². The standard InChI is InChI=1S/C15H17ClN4O4S2/c1-10-11(16)3-2-4-12(10)26(22,23)19-15-18-17-13(25-15)5-6-20-7-8-24-9-14(20)21/h2-4H,5-9H2,1H3,(H,18,19). The molecule has 1 saturated heterocycles. The highest BCUT2D eigenvalue weighted by atomic mass is 35.5. The van der Waals surface area contributed by atoms with Crippen molar-refractivity contribution in [3.05, 3.63) is 33.8 Å². The van der Waals surface area contributed by atoms with E-state index in [9.17, 15) is 13.2 Å². The van der Waals surface area contributed by atoms with Crippen molar-refractivity contribution < 1.29 is 17.9 Å². The van der Waals surface area contributed by atoms with E-state index in [0.29, 0.717) is 41.7 Å². The molecule has 1 fully saturated rings. The van der Waals surface area contributed by atoms with Gasteiger partial charge < -0.3 is 9.64 Å². The molecule has 0 radical (unpaired) electrons. The van der Waals surface area contributed by atoms with Crippen molar-refractivity contribution in [2.24, 2.45) is 0 Å². The van der Waals surface area contributed by atoms with Crippen LogP contribution in [-0.2, 0) is 26.0 Å². The molecule has 0 unspecified atom stereocenters. The number of rotatable bonds is 6. The molecular formula is C15H17ClN4O4S2. The van der Waals surface area contributed by atoms with Gasteiger partial charge in [-0.15, -0.1) is 10.2 Å². The number of carbonyl (C=O) groups is 1. The maximum absolute atomic E-state index is 12.5. The summed E-state index contributed by atoms with van der Waals surface area (Å²) < 4.78 is 32.6. The van der Waals surface area contributed by atoms with Crippen LogP contribution in [-0.4, -0.2) is 55.7 Å². The lowest BCUT2D eigenvalue weighted by Crippen LogP contribution is -2.42. The van der Waals surface area contributed by atoms with Gasteiger partial charge in [0.2, 0.25) is 11.0 Å². The molecule has 0 bridgehead atoms. The van der Waals surface area contributed by atoms with Crippen LogP contribution in [0.3, 0.4) is 0 Å². The monoisotopic (exact) mass is 416 g/mol. The molecule has 1 aromatic heterocycles. The second-order valence-electron chi connectivity index (χ2n) is 5.65. The van der Waals surface area contributed by atoms with E-state index < -0.39 is 10.0 Å². The Morgan fingerprint density at radius 2 is 2.19 bits per heavy atom. The van der Waals surface area contributed by atoms with Gasteiger partial charge in [0.05, 0.1) is 11.5 Å². The van der Waals surface area contributed by atoms with Gasteiger partial charge in [-0.3, -0.25) is 9.52 Å². The molecule has 1 aliphatic heterocycles. The van der Waals surface area contributed by atoms with E-state index in [4.69, 9.17) is 16.3 Å². The Morgan fingerprint density at radius 1 is 1.38 bits per heavy atom. The number of hydrogen-bond donors (Lipinski definition) is 1. The van der Waals surface area contributed by atoms with Gasteiger partial charge in [0.1, 0.15) is 11.6 Å². The average Bonchev–Trinajstić information content (AvgIpc) is 3.03. The molecule has 0 saturated carbocycles. The minimum atomic E-state index is -3.80. The van der Waals surface area contributed by atoms with Gasteiger partial charge in [-0.1, -0.05) is 29.0 Å². The summed E-state index contributed by atoms with van der Waals surface area (Å²) in [6, 6.07) is 4.69. The number of hydrogen-bond acceptors (Lipinski definition) is 7. The summed E-state index contributed by atoms with van der Waals surface area (Å²) in [5.41, 5.74) is 0.470. The van der Waals surface area contributed by atoms with Crippen molar-refractivity contribution in [2.75, 3.05) is 31.0 Å². The minimum Gasteiger partial charge on any atom is -0.370 e. The second kappa shape index (κ2) is 7.87. The molecule has 3 rings (SSSR count). The lowest BCUT2D eigenvalue weighted by Gasteiger charge is -2.26. The Bertz CT molecular complexity index is 916. The van der Waals surface area contributed by atoms with E-state index in [-0.39, 0.29) is 22.5 Å². The first-order chi connectivity index (χ1) is 12.4. The largest absolute Gasteiger partial charge is 0.370 e. The predicted octanol–water partition coefficient (Wildman–Crippen LogP) is 1.70. The van der Waals surface area contributed by atoms with Crippen molar-refractivity contribution >= 4 is 44.0 Å². The van der Waals surface area contributed by atoms with Crippen molar-refractivity contribution in [2.45, 2.75) is 18.2 Å². The van der Waals surface area contributed by atoms with Crippen molar-refractivity contribution in [1.82, 2.24) is 15.1 Å². The first-order valence-electron chi connectivity index (χ1n) is 7.82. The summed E-state index contributed by atoms with van der Waals surface area (Å²) in [5.74, 6) is -0.0573. The number of halogens is 1. The first kappa shape index (κ1) is 19.0. The van der Waals surface area contributed by atoms with Gasteiger partial charge in [0.25, 0.3) is 10.0 Å². The van der Waals surface area contributed by atoms with Gasteiger partial charge in [0.15, 0.2) is 0 Å². The summed E-state index contributed by atoms with van der Waals surface area (Å²) in [5, 5.41) is 9.06. The molecule has 0 aliphatic carbocycles. The number of aromatic nitrogens is 2. The van der Waals surface area contributed by atoms with E-state index >= 15 is 0 Å². The van der Waals surface area contributed by atoms with Gasteiger partial charge in [-0.05, 0) is 24.6 Å². The summed E-state index contributed by atoms with van der Waals surface area (Å²) >= 11 is 7.13. The molecule has 1 aromatic carbocycles. The number of nitrogens with zero attached hydrogens (tertiary/aromatic N) is 3. The van der Waals surface area contributed by atoms with Crippen LogP contribution in [0.25, 0.3) is 0 Å². The molecule has 8 nitrogen and oxygen atoms in total. The fourth-order valence-corrected chi connectivity index (χ4v) is 4.92. The van der Waals surface area contributed by atoms with Gasteiger partial charge in [-0.2, -0.15) is 0 Å². The molecular weight excluding hydrogens is 400 g/mol. The molecule has 0 spiro atoms. The van der Waals surface area contributed by atoms with Crippen molar-refractivity contribution in [3.8, 4) is 0 Å². The van der Waals surface area contributed by atoms with Crippen LogP contribution >= 0.6 is 22.9 Å². The van der Waals surface area contributed by atoms with Crippen LogP contribution in [0.2, 0.25) is 5.02 Å². The fourth-order valence-electron chi connectivity index (χ4n) is 2.46. The van der Waals surface area contributed by atoms with Crippen LogP contribution in [0.5, 0.6) is 0 Å². The van der Waals surface area contributed by atoms with Crippen LogP contribution < -0.4 is 4.72 Å². The molecule has 1 amide bonds. The third-order valence-corrected chi connectivity index (χ3v) is 6.80. The number of carbonyl (C=O) groups excluding carboxylic acids is 1. The highest BCUT2D eigenvalue weighted by Gasteiger charge is 2.21. The number of amides is 1. The highest BCUT2D eigenvalue weighted by molar-refractivity contribution is 7.93. The van der Waals surface area contributed by atoms with Crippen LogP contribution in [0.15, 0.2) is 23.1 Å². The Morgan fingerprint density at radius 3 is 2.96 bits per heavy atom. The molecule has 1 N–H and O–H groups in total. The topological polar surface area (TPSA) is 101 Å². The molecule has 140 valence electrons. The van der Waals surface area contributed by atoms with E-state index in [1.807, 2.05) is 0 Å². The molecule has 2 heterocycles. The van der Waals surface area contributed by atoms with E-state index in [1.54, 1.807) is 24.0 Å². The third kappa shape index (κ3) is 4.32. The lowest BCUT2D eigenvalue weighted by atomic mass is 10.2. The maximum atomic E-state index is 12.5. The Balaban J connectivity index is 1.66. The molecule has 1 aliphatic rings. The molecule has 11 heteroatoms. The number of nitrogens with one attached hydrogen (secondary N) is 1. The highest BCUT2D eigenvalue weighted by Crippen LogP contribution is 2.26. The minimum absolute atomic E-state index is 0.0573. The molecule has 0 atom stereocenters. The predicted molar refractivity (Wildman–Crippen MR) is 98.0 cm³/mol. The van der Waals surface area contributed by atoms with Gasteiger partial charge in [-0.25, -0.2) is 8.42 Å². The van der Waals surface area contributed by atoms with Gasteiger partial charge >= 0.3 is 0 Å². The average molecular weight is 417 g/mol. The lowest BCUT2D eigenvalue weighted by molar-refractivity contribution is -0.142. The first-order valence-corrected chi connectivity index (χ1v) is 10.5. The Kier molecular flexibility index (Phi) is 5.76. The number of anilines is 1. The fraction of sp³-hybridized carbons (Fsp3) is 0.400. The summed E-state index contributed by atoms with van der Waals surface area (Å²) in [7, 11) is -3.80. The van der Waals surface area contributed by atoms with E-state index in [2.05, 4.69) is 14.9 Å². The SMILES string of the molecule is Cc1c(Cl)cccc1S(=O)(=O)Nc1nnc(CCN2CCOCC2=O)s1. The zero-order valence-electron chi connectivity index (χ0n) is 13.9. The number of morpholine rings is 1. The zero-order chi connectivity index (χ0) is 18.7. The van der Waals surface area contributed by atoms with E-state index in [1.165, 1.54) is 6.07 Å². The van der Waals surface area contributed by atoms with Crippen molar-refractivity contribution in [3.63, 3.8) is 0 Å². The summed E-state index contributed by atoms with van der Waals surface area (Å²) in [6.07, 6.45) is 0.501. The number of sulfonamides is 1. The van der Waals surface area contributed by atoms with Crippen LogP contribution in [0.1, 0.15) is 10.6 Å². The Hall–Kier alpha value is -1.75. The maximum Gasteiger partial charge on any atom is 0.264 e. The normalized spacial score (nSPS) is 15.3. The third-order valence-electron chi connectivity index (χ3n) is 3.88. The number of benzene rings is 1. The summed E-state index contributed by atoms with van der Waals surface area (Å²) in [6.45, 7) is 3.30. The van der Waals surface area contributed by atoms with Crippen molar-refractivity contribution in [1.29, 1.82) is 0 Å². The Labute approximate surface area is 160 Å². The second-order valence-corrected chi connectivity index (χ2v) is 8.77. The van der Waals surface area contributed by atoms with Crippen LogP contribution in [0.4, 0.5) is 5.13 Å². The van der Waals surface area contributed by atoms with Crippen LogP contribution in [0, 0.1) is 6.92 Å². The zero-order valence-corrected chi connectivity index (χ0v) is 16.3.